The van der Waals surface area contributed by atoms with Crippen molar-refractivity contribution in [3.63, 3.8) is 0 Å². The van der Waals surface area contributed by atoms with Gasteiger partial charge in [0.2, 0.25) is 6.71 Å². The van der Waals surface area contributed by atoms with Gasteiger partial charge in [-0.3, -0.25) is 5.01 Å². The third kappa shape index (κ3) is 1.86. The molecule has 3 aromatic carbocycles. The molecule has 0 aromatic heterocycles. The number of nitrogens with zero attached hydrogens (tertiary/aromatic N) is 1. The number of hydrogen-bond acceptors (Lipinski definition) is 2. The Balaban J connectivity index is 2.01. The summed E-state index contributed by atoms with van der Waals surface area (Å²) in [5, 5.41) is 1.80. The normalized spacial score (nSPS) is 12.8. The lowest BCUT2D eigenvalue weighted by Gasteiger charge is -2.33. The van der Waals surface area contributed by atoms with E-state index in [9.17, 15) is 0 Å². The van der Waals surface area contributed by atoms with Crippen LogP contribution in [0.4, 0.5) is 11.4 Å². The highest BCUT2D eigenvalue weighted by atomic mass is 15.4. The lowest BCUT2D eigenvalue weighted by molar-refractivity contribution is 1.09. The number of hydrogen-bond donors (Lipinski definition) is 1. The van der Waals surface area contributed by atoms with Gasteiger partial charge in [-0.15, -0.1) is 0 Å². The molecule has 3 aromatic rings. The maximum absolute atomic E-state index is 6.33. The van der Waals surface area contributed by atoms with Crippen molar-refractivity contribution in [3.8, 4) is 0 Å². The molecule has 0 fully saturated rings. The van der Waals surface area contributed by atoms with Gasteiger partial charge in [0.05, 0.1) is 11.4 Å². The van der Waals surface area contributed by atoms with Gasteiger partial charge in [-0.25, -0.2) is 5.84 Å². The highest BCUT2D eigenvalue weighted by molar-refractivity contribution is 6.97. The fourth-order valence-electron chi connectivity index (χ4n) is 3.20. The lowest BCUT2D eigenvalue weighted by atomic mass is 9.35. The first kappa shape index (κ1) is 12.2. The monoisotopic (exact) mass is 270 g/mol. The van der Waals surface area contributed by atoms with Gasteiger partial charge in [0.25, 0.3) is 0 Å². The molecule has 1 heterocycles. The quantitative estimate of drug-likeness (QED) is 0.536. The number of nitrogens with two attached hydrogens (primary N) is 1. The Labute approximate surface area is 124 Å². The Morgan fingerprint density at radius 2 is 1.10 bits per heavy atom. The molecule has 4 rings (SSSR count). The molecule has 21 heavy (non-hydrogen) atoms. The first-order chi connectivity index (χ1) is 10.4. The van der Waals surface area contributed by atoms with Crippen molar-refractivity contribution >= 4 is 34.5 Å². The molecule has 1 aliphatic heterocycles. The van der Waals surface area contributed by atoms with E-state index in [4.69, 9.17) is 5.84 Å². The summed E-state index contributed by atoms with van der Waals surface area (Å²) < 4.78 is 0. The molecule has 0 saturated heterocycles. The van der Waals surface area contributed by atoms with Gasteiger partial charge >= 0.3 is 0 Å². The van der Waals surface area contributed by atoms with E-state index in [1.165, 1.54) is 16.4 Å². The van der Waals surface area contributed by atoms with Crippen molar-refractivity contribution in [2.45, 2.75) is 0 Å². The van der Waals surface area contributed by atoms with Crippen LogP contribution in [0.2, 0.25) is 0 Å². The zero-order chi connectivity index (χ0) is 14.2. The molecule has 0 aliphatic carbocycles. The Kier molecular flexibility index (Phi) is 2.79. The Bertz CT molecular complexity index is 738. The zero-order valence-electron chi connectivity index (χ0n) is 11.6. The summed E-state index contributed by atoms with van der Waals surface area (Å²) in [6.07, 6.45) is 0. The van der Waals surface area contributed by atoms with Gasteiger partial charge in [-0.2, -0.15) is 0 Å². The zero-order valence-corrected chi connectivity index (χ0v) is 11.6. The number of rotatable bonds is 1. The van der Waals surface area contributed by atoms with Crippen LogP contribution in [0.1, 0.15) is 0 Å². The summed E-state index contributed by atoms with van der Waals surface area (Å²) in [6, 6.07) is 27.4. The van der Waals surface area contributed by atoms with Gasteiger partial charge in [0.1, 0.15) is 0 Å². The molecule has 1 aliphatic rings. The number of benzene rings is 3. The second-order valence-corrected chi connectivity index (χ2v) is 5.33. The highest BCUT2D eigenvalue weighted by Crippen LogP contribution is 2.23. The van der Waals surface area contributed by atoms with E-state index >= 15 is 0 Å². The van der Waals surface area contributed by atoms with E-state index in [0.717, 1.165) is 11.4 Å². The predicted molar refractivity (Wildman–Crippen MR) is 90.3 cm³/mol. The molecular formula is C18H15BN2. The topological polar surface area (TPSA) is 29.3 Å². The fraction of sp³-hybridized carbons (Fsp3) is 0. The van der Waals surface area contributed by atoms with Crippen LogP contribution in [0.15, 0.2) is 78.9 Å². The summed E-state index contributed by atoms with van der Waals surface area (Å²) in [6.45, 7) is 0.235. The largest absolute Gasteiger partial charge is 0.281 e. The summed E-state index contributed by atoms with van der Waals surface area (Å²) in [4.78, 5) is 0. The Hall–Kier alpha value is -2.52. The number of fused-ring (bicyclic) bond motifs is 2. The molecule has 0 saturated carbocycles. The maximum atomic E-state index is 6.33. The molecule has 0 unspecified atom stereocenters. The first-order valence-electron chi connectivity index (χ1n) is 7.14. The van der Waals surface area contributed by atoms with Gasteiger partial charge in [0, 0.05) is 0 Å². The van der Waals surface area contributed by atoms with Crippen LogP contribution >= 0.6 is 0 Å². The first-order valence-corrected chi connectivity index (χ1v) is 7.14. The second kappa shape index (κ2) is 4.79. The van der Waals surface area contributed by atoms with Crippen molar-refractivity contribution in [1.82, 2.24) is 0 Å². The third-order valence-corrected chi connectivity index (χ3v) is 4.15. The molecule has 0 bridgehead atoms. The van der Waals surface area contributed by atoms with Crippen LogP contribution < -0.4 is 27.2 Å². The van der Waals surface area contributed by atoms with Crippen molar-refractivity contribution < 1.29 is 0 Å². The minimum absolute atomic E-state index is 0.235. The van der Waals surface area contributed by atoms with E-state index in [2.05, 4.69) is 66.7 Å². The summed E-state index contributed by atoms with van der Waals surface area (Å²) >= 11 is 0. The number of hydrazine groups is 1. The maximum Gasteiger partial charge on any atom is 0.246 e. The van der Waals surface area contributed by atoms with Crippen molar-refractivity contribution in [2.75, 3.05) is 5.01 Å². The number of anilines is 2. The van der Waals surface area contributed by atoms with Gasteiger partial charge in [0.15, 0.2) is 0 Å². The average Bonchev–Trinajstić information content (AvgIpc) is 2.56. The third-order valence-electron chi connectivity index (χ3n) is 4.15. The summed E-state index contributed by atoms with van der Waals surface area (Å²) in [5.74, 6) is 6.33. The smallest absolute Gasteiger partial charge is 0.246 e. The van der Waals surface area contributed by atoms with E-state index in [1.807, 2.05) is 12.1 Å². The summed E-state index contributed by atoms with van der Waals surface area (Å²) in [7, 11) is 0. The Morgan fingerprint density at radius 3 is 1.67 bits per heavy atom. The van der Waals surface area contributed by atoms with E-state index in [1.54, 1.807) is 5.01 Å². The predicted octanol–water partition coefficient (Wildman–Crippen LogP) is 1.53. The minimum Gasteiger partial charge on any atom is -0.281 e. The van der Waals surface area contributed by atoms with Gasteiger partial charge in [-0.05, 0) is 23.1 Å². The van der Waals surface area contributed by atoms with Crippen LogP contribution in [0.3, 0.4) is 0 Å². The molecule has 0 radical (unpaired) electrons. The van der Waals surface area contributed by atoms with Crippen LogP contribution in [0.5, 0.6) is 0 Å². The van der Waals surface area contributed by atoms with Gasteiger partial charge in [-0.1, -0.05) is 72.2 Å². The minimum atomic E-state index is 0.235. The average molecular weight is 270 g/mol. The second-order valence-electron chi connectivity index (χ2n) is 5.33. The molecule has 100 valence electrons. The lowest BCUT2D eigenvalue weighted by Crippen LogP contribution is -2.58. The Morgan fingerprint density at radius 1 is 0.619 bits per heavy atom. The molecule has 0 amide bonds. The molecule has 2 N–H and O–H groups in total. The van der Waals surface area contributed by atoms with E-state index < -0.39 is 0 Å². The highest BCUT2D eigenvalue weighted by Gasteiger charge is 2.32. The van der Waals surface area contributed by atoms with Crippen molar-refractivity contribution in [3.05, 3.63) is 78.9 Å². The molecular weight excluding hydrogens is 255 g/mol. The fourth-order valence-corrected chi connectivity index (χ4v) is 3.20. The van der Waals surface area contributed by atoms with Crippen LogP contribution in [0.25, 0.3) is 0 Å². The number of para-hydroxylation sites is 2. The van der Waals surface area contributed by atoms with Crippen LogP contribution in [0, 0.1) is 0 Å². The van der Waals surface area contributed by atoms with Crippen molar-refractivity contribution in [1.29, 1.82) is 0 Å². The standard InChI is InChI=1S/C18H15BN2/c20-21-17-12-6-4-10-15(17)19(14-8-2-1-3-9-14)16-11-5-7-13-18(16)21/h1-13H,20H2. The van der Waals surface area contributed by atoms with Crippen LogP contribution in [-0.2, 0) is 0 Å². The van der Waals surface area contributed by atoms with E-state index in [-0.39, 0.29) is 6.71 Å². The van der Waals surface area contributed by atoms with Gasteiger partial charge < -0.3 is 0 Å². The van der Waals surface area contributed by atoms with E-state index in [0.29, 0.717) is 0 Å². The SMILES string of the molecule is NN1c2ccccc2B(c2ccccc2)c2ccccc21. The molecule has 3 heteroatoms. The summed E-state index contributed by atoms with van der Waals surface area (Å²) in [5.41, 5.74) is 5.95. The molecule has 0 atom stereocenters. The van der Waals surface area contributed by atoms with Crippen molar-refractivity contribution in [2.24, 2.45) is 5.84 Å². The molecule has 2 nitrogen and oxygen atoms in total. The molecule has 0 spiro atoms. The van der Waals surface area contributed by atoms with Crippen LogP contribution in [-0.4, -0.2) is 6.71 Å².